The Kier molecular flexibility index (Phi) is 5.68. The zero-order valence-electron chi connectivity index (χ0n) is 17.6. The fraction of sp³-hybridized carbons (Fsp3) is 0.120. The van der Waals surface area contributed by atoms with Crippen LogP contribution in [-0.2, 0) is 9.59 Å². The lowest BCUT2D eigenvalue weighted by Crippen LogP contribution is -2.29. The van der Waals surface area contributed by atoms with E-state index in [-0.39, 0.29) is 22.6 Å². The van der Waals surface area contributed by atoms with E-state index in [2.05, 4.69) is 0 Å². The molecule has 168 valence electrons. The molecular weight excluding hydrogens is 435 g/mol. The average Bonchev–Trinajstić information content (AvgIpc) is 3.06. The van der Waals surface area contributed by atoms with Gasteiger partial charge >= 0.3 is 0 Å². The number of carbonyl (C=O) groups is 2. The van der Waals surface area contributed by atoms with Crippen LogP contribution in [0.3, 0.4) is 0 Å². The van der Waals surface area contributed by atoms with Gasteiger partial charge in [0, 0.05) is 11.8 Å². The van der Waals surface area contributed by atoms with Crippen LogP contribution in [0.25, 0.3) is 5.76 Å². The van der Waals surface area contributed by atoms with Crippen LogP contribution in [0.15, 0.2) is 66.2 Å². The van der Waals surface area contributed by atoms with Crippen LogP contribution in [0.5, 0.6) is 5.75 Å². The molecule has 5 nitrogen and oxygen atoms in total. The predicted octanol–water partition coefficient (Wildman–Crippen LogP) is 5.05. The molecule has 1 heterocycles. The number of hydrogen-bond donors (Lipinski definition) is 1. The summed E-state index contributed by atoms with van der Waals surface area (Å²) in [5, 5.41) is 11.1. The maximum Gasteiger partial charge on any atom is 0.300 e. The Hall–Kier alpha value is -4.07. The van der Waals surface area contributed by atoms with Crippen LogP contribution in [0.2, 0.25) is 0 Å². The summed E-state index contributed by atoms with van der Waals surface area (Å²) in [6.07, 6.45) is 0. The molecule has 0 aliphatic carbocycles. The first-order valence-electron chi connectivity index (χ1n) is 9.89. The lowest BCUT2D eigenvalue weighted by atomic mass is 9.94. The summed E-state index contributed by atoms with van der Waals surface area (Å²) in [5.74, 6) is -5.70. The van der Waals surface area contributed by atoms with Gasteiger partial charge in [0.2, 0.25) is 0 Å². The molecular formula is C25H18F3NO4. The van der Waals surface area contributed by atoms with Crippen LogP contribution in [0.1, 0.15) is 22.7 Å². The quantitative estimate of drug-likeness (QED) is 0.341. The van der Waals surface area contributed by atoms with Gasteiger partial charge in [-0.2, -0.15) is 0 Å². The summed E-state index contributed by atoms with van der Waals surface area (Å²) < 4.78 is 46.7. The van der Waals surface area contributed by atoms with Gasteiger partial charge in [0.15, 0.2) is 11.6 Å². The third-order valence-corrected chi connectivity index (χ3v) is 5.40. The first-order chi connectivity index (χ1) is 15.7. The number of halogens is 3. The molecule has 1 unspecified atom stereocenters. The molecule has 1 fully saturated rings. The number of aliphatic hydroxyl groups is 1. The summed E-state index contributed by atoms with van der Waals surface area (Å²) in [4.78, 5) is 27.1. The number of nitrogens with zero attached hydrogens (tertiary/aromatic N) is 1. The maximum atomic E-state index is 14.0. The van der Waals surface area contributed by atoms with E-state index in [0.717, 1.165) is 40.8 Å². The van der Waals surface area contributed by atoms with Crippen molar-refractivity contribution in [1.29, 1.82) is 0 Å². The molecule has 1 atom stereocenters. The highest BCUT2D eigenvalue weighted by atomic mass is 19.2. The number of aliphatic hydroxyl groups excluding tert-OH is 1. The fourth-order valence-electron chi connectivity index (χ4n) is 3.90. The minimum absolute atomic E-state index is 0.0761. The van der Waals surface area contributed by atoms with Gasteiger partial charge in [-0.15, -0.1) is 0 Å². The average molecular weight is 453 g/mol. The van der Waals surface area contributed by atoms with E-state index >= 15 is 0 Å². The van der Waals surface area contributed by atoms with Gasteiger partial charge in [-0.25, -0.2) is 13.2 Å². The van der Waals surface area contributed by atoms with Gasteiger partial charge in [-0.05, 0) is 42.8 Å². The Labute approximate surface area is 187 Å². The van der Waals surface area contributed by atoms with Crippen molar-refractivity contribution in [3.05, 3.63) is 100 Å². The van der Waals surface area contributed by atoms with Crippen molar-refractivity contribution in [2.75, 3.05) is 12.0 Å². The van der Waals surface area contributed by atoms with Crippen molar-refractivity contribution in [3.63, 3.8) is 0 Å². The minimum atomic E-state index is -1.20. The second kappa shape index (κ2) is 8.46. The molecule has 1 aliphatic rings. The molecule has 1 amide bonds. The number of methoxy groups -OCH3 is 1. The number of benzene rings is 3. The van der Waals surface area contributed by atoms with E-state index in [4.69, 9.17) is 4.74 Å². The van der Waals surface area contributed by atoms with E-state index in [1.54, 1.807) is 31.2 Å². The molecule has 1 N–H and O–H groups in total. The molecule has 0 bridgehead atoms. The molecule has 0 spiro atoms. The zero-order chi connectivity index (χ0) is 23.9. The highest BCUT2D eigenvalue weighted by molar-refractivity contribution is 6.51. The second-order valence-electron chi connectivity index (χ2n) is 7.53. The van der Waals surface area contributed by atoms with Crippen LogP contribution in [0.4, 0.5) is 18.9 Å². The fourth-order valence-corrected chi connectivity index (χ4v) is 3.90. The van der Waals surface area contributed by atoms with Crippen molar-refractivity contribution >= 4 is 23.1 Å². The number of anilines is 1. The first kappa shape index (κ1) is 22.1. The number of aryl methyl sites for hydroxylation is 1. The number of Topliss-reactive ketones (excluding diaryl/α,β-unsaturated/α-hetero) is 1. The number of rotatable bonds is 4. The lowest BCUT2D eigenvalue weighted by Gasteiger charge is -2.26. The van der Waals surface area contributed by atoms with Crippen LogP contribution in [0, 0.1) is 24.4 Å². The van der Waals surface area contributed by atoms with Crippen LogP contribution in [-0.4, -0.2) is 23.9 Å². The molecule has 0 saturated carbocycles. The second-order valence-corrected chi connectivity index (χ2v) is 7.53. The molecule has 0 radical (unpaired) electrons. The zero-order valence-corrected chi connectivity index (χ0v) is 17.6. The van der Waals surface area contributed by atoms with E-state index in [1.165, 1.54) is 13.2 Å². The highest BCUT2D eigenvalue weighted by Gasteiger charge is 2.47. The third-order valence-electron chi connectivity index (χ3n) is 5.40. The van der Waals surface area contributed by atoms with E-state index in [0.29, 0.717) is 5.56 Å². The van der Waals surface area contributed by atoms with Crippen molar-refractivity contribution in [1.82, 2.24) is 0 Å². The molecule has 1 aliphatic heterocycles. The largest absolute Gasteiger partial charge is 0.507 e. The molecule has 1 saturated heterocycles. The summed E-state index contributed by atoms with van der Waals surface area (Å²) in [7, 11) is 1.31. The van der Waals surface area contributed by atoms with Gasteiger partial charge < -0.3 is 9.84 Å². The Balaban J connectivity index is 2.00. The van der Waals surface area contributed by atoms with Crippen LogP contribution >= 0.6 is 0 Å². The number of ether oxygens (including phenoxy) is 1. The summed E-state index contributed by atoms with van der Waals surface area (Å²) in [5.41, 5.74) is 0.702. The maximum absolute atomic E-state index is 14.0. The molecule has 8 heteroatoms. The summed E-state index contributed by atoms with van der Waals surface area (Å²) in [6.45, 7) is 1.79. The summed E-state index contributed by atoms with van der Waals surface area (Å²) in [6, 6.07) is 11.8. The lowest BCUT2D eigenvalue weighted by molar-refractivity contribution is -0.132. The number of carbonyl (C=O) groups excluding carboxylic acids is 2. The number of hydrogen-bond acceptors (Lipinski definition) is 4. The Bertz CT molecular complexity index is 1320. The SMILES string of the molecule is COc1ccc(F)cc1/C(O)=C1\C(=O)C(=O)N(c2ccc(F)c(F)c2)C1c1cccc(C)c1. The van der Waals surface area contributed by atoms with Crippen molar-refractivity contribution in [2.45, 2.75) is 13.0 Å². The molecule has 3 aromatic carbocycles. The van der Waals surface area contributed by atoms with E-state index in [9.17, 15) is 27.9 Å². The van der Waals surface area contributed by atoms with Gasteiger partial charge in [0.25, 0.3) is 11.7 Å². The first-order valence-corrected chi connectivity index (χ1v) is 9.89. The minimum Gasteiger partial charge on any atom is -0.507 e. The third kappa shape index (κ3) is 3.84. The normalized spacial score (nSPS) is 17.5. The molecule has 0 aromatic heterocycles. The predicted molar refractivity (Wildman–Crippen MR) is 115 cm³/mol. The number of ketones is 1. The molecule has 3 aromatic rings. The smallest absolute Gasteiger partial charge is 0.300 e. The van der Waals surface area contributed by atoms with Crippen molar-refractivity contribution < 1.29 is 32.6 Å². The molecule has 33 heavy (non-hydrogen) atoms. The topological polar surface area (TPSA) is 66.8 Å². The monoisotopic (exact) mass is 453 g/mol. The number of amides is 1. The van der Waals surface area contributed by atoms with E-state index < -0.39 is 40.9 Å². The van der Waals surface area contributed by atoms with Crippen LogP contribution < -0.4 is 9.64 Å². The Morgan fingerprint density at radius 1 is 0.970 bits per heavy atom. The van der Waals surface area contributed by atoms with Gasteiger partial charge in [-0.3, -0.25) is 14.5 Å². The Morgan fingerprint density at radius 2 is 1.73 bits per heavy atom. The molecule has 4 rings (SSSR count). The Morgan fingerprint density at radius 3 is 2.39 bits per heavy atom. The summed E-state index contributed by atoms with van der Waals surface area (Å²) >= 11 is 0. The van der Waals surface area contributed by atoms with E-state index in [1.807, 2.05) is 0 Å². The van der Waals surface area contributed by atoms with Crippen molar-refractivity contribution in [3.8, 4) is 5.75 Å². The van der Waals surface area contributed by atoms with Gasteiger partial charge in [-0.1, -0.05) is 29.8 Å². The van der Waals surface area contributed by atoms with Crippen molar-refractivity contribution in [2.24, 2.45) is 0 Å². The van der Waals surface area contributed by atoms with Gasteiger partial charge in [0.05, 0.1) is 24.3 Å². The standard InChI is InChI=1S/C25H18F3NO4/c1-13-4-3-5-14(10-13)22-21(23(30)17-11-15(26)6-9-20(17)33-2)24(31)25(32)29(22)16-7-8-18(27)19(28)12-16/h3-12,22,30H,1-2H3/b23-21+. The highest BCUT2D eigenvalue weighted by Crippen LogP contribution is 2.43. The van der Waals surface area contributed by atoms with Gasteiger partial charge in [0.1, 0.15) is 17.3 Å².